The molecule has 4 nitrogen and oxygen atoms in total. The van der Waals surface area contributed by atoms with E-state index in [9.17, 15) is 10.2 Å². The number of hydrogen-bond acceptors (Lipinski definition) is 3. The first-order valence-electron chi connectivity index (χ1n) is 15.6. The van der Waals surface area contributed by atoms with Crippen LogP contribution in [0.5, 0.6) is 11.5 Å². The molecule has 0 bridgehead atoms. The number of carbonyl (C=O) groups excluding carboxylic acids is 1. The fraction of sp³-hybridized carbons (Fsp3) is 0.474. The molecule has 1 saturated carbocycles. The molecule has 3 aromatic rings. The van der Waals surface area contributed by atoms with Gasteiger partial charge < -0.3 is 0 Å². The number of ketones is 1. The Morgan fingerprint density at radius 2 is 1.09 bits per heavy atom. The predicted molar refractivity (Wildman–Crippen MR) is 177 cm³/mol. The molecule has 1 fully saturated rings. The molecule has 1 aliphatic rings. The number of nitrogens with zero attached hydrogens (tertiary/aromatic N) is 1. The Balaban J connectivity index is 2.09. The van der Waals surface area contributed by atoms with Crippen LogP contribution in [0.15, 0.2) is 54.6 Å². The molecule has 229 valence electrons. The number of phenolic OH excluding ortho intramolecular Hbond substituents is 2. The van der Waals surface area contributed by atoms with E-state index in [0.29, 0.717) is 33.9 Å². The zero-order chi connectivity index (χ0) is 31.7. The van der Waals surface area contributed by atoms with Crippen molar-refractivity contribution in [3.63, 3.8) is 0 Å². The van der Waals surface area contributed by atoms with Crippen molar-refractivity contribution in [1.29, 1.82) is 0 Å². The maximum atomic E-state index is 15.0. The minimum atomic E-state index is -1.54. The number of hydrogen-bond donors (Lipinski definition) is 2. The topological polar surface area (TPSA) is 61.9 Å². The summed E-state index contributed by atoms with van der Waals surface area (Å²) in [6.07, 6.45) is 5.94. The van der Waals surface area contributed by atoms with E-state index in [1.54, 1.807) is 0 Å². The van der Waals surface area contributed by atoms with Gasteiger partial charge in [-0.2, -0.15) is 0 Å². The van der Waals surface area contributed by atoms with Gasteiger partial charge >= 0.3 is 267 Å². The summed E-state index contributed by atoms with van der Waals surface area (Å²) in [4.78, 5) is 15.0. The first-order valence-corrected chi connectivity index (χ1v) is 18.4. The van der Waals surface area contributed by atoms with Crippen molar-refractivity contribution in [1.82, 2.24) is 0 Å². The Kier molecular flexibility index (Phi) is 9.75. The first kappa shape index (κ1) is 33.1. The molecule has 0 radical (unpaired) electrons. The van der Waals surface area contributed by atoms with E-state index >= 15 is 4.79 Å². The van der Waals surface area contributed by atoms with E-state index in [2.05, 4.69) is 62.3 Å². The first-order chi connectivity index (χ1) is 20.0. The van der Waals surface area contributed by atoms with Crippen LogP contribution in [0.3, 0.4) is 0 Å². The Bertz CT molecular complexity index is 1560. The molecule has 0 saturated heterocycles. The third-order valence-corrected chi connectivity index (χ3v) is 13.3. The Hall–Kier alpha value is -2.80. The molecular formula is C38H49NO3W+. The molecule has 4 rings (SSSR count). The predicted octanol–water partition coefficient (Wildman–Crippen LogP) is 10.1. The van der Waals surface area contributed by atoms with Gasteiger partial charge in [0.25, 0.3) is 0 Å². The van der Waals surface area contributed by atoms with Gasteiger partial charge in [0.2, 0.25) is 0 Å². The molecule has 1 aliphatic carbocycles. The molecule has 3 aromatic carbocycles. The molecule has 0 spiro atoms. The number of benzene rings is 3. The van der Waals surface area contributed by atoms with E-state index in [1.165, 1.54) is 19.3 Å². The zero-order valence-corrected chi connectivity index (χ0v) is 30.4. The summed E-state index contributed by atoms with van der Waals surface area (Å²) in [7, 11) is 0. The molecule has 0 unspecified atom stereocenters. The van der Waals surface area contributed by atoms with Crippen LogP contribution in [-0.4, -0.2) is 25.9 Å². The van der Waals surface area contributed by atoms with Gasteiger partial charge in [-0.05, 0) is 0 Å². The second kappa shape index (κ2) is 12.7. The number of carbonyl (C=O) groups is 1. The summed E-state index contributed by atoms with van der Waals surface area (Å²) in [6.45, 7) is 18.8. The van der Waals surface area contributed by atoms with Crippen molar-refractivity contribution in [3.8, 4) is 33.8 Å². The van der Waals surface area contributed by atoms with Gasteiger partial charge in [-0.1, -0.05) is 0 Å². The number of phenols is 2. The van der Waals surface area contributed by atoms with Crippen molar-refractivity contribution in [3.05, 3.63) is 74.6 Å². The number of para-hydroxylation sites is 2. The molecule has 0 atom stereocenters. The van der Waals surface area contributed by atoms with Crippen LogP contribution in [0.4, 0.5) is 0 Å². The monoisotopic (exact) mass is 751 g/mol. The maximum absolute atomic E-state index is 15.0. The average molecular weight is 752 g/mol. The quantitative estimate of drug-likeness (QED) is 0.261. The van der Waals surface area contributed by atoms with Crippen LogP contribution in [-0.2, 0) is 28.6 Å². The van der Waals surface area contributed by atoms with Crippen molar-refractivity contribution >= 4 is 9.68 Å². The van der Waals surface area contributed by atoms with Gasteiger partial charge in [0.05, 0.1) is 0 Å². The van der Waals surface area contributed by atoms with Crippen LogP contribution >= 0.6 is 0 Å². The van der Waals surface area contributed by atoms with E-state index < -0.39 is 17.7 Å². The van der Waals surface area contributed by atoms with E-state index in [-0.39, 0.29) is 33.5 Å². The van der Waals surface area contributed by atoms with Crippen molar-refractivity contribution in [2.75, 3.05) is 0 Å². The van der Waals surface area contributed by atoms with E-state index in [1.807, 2.05) is 54.6 Å². The summed E-state index contributed by atoms with van der Waals surface area (Å²) in [6, 6.07) is 17.8. The van der Waals surface area contributed by atoms with Gasteiger partial charge in [-0.3, -0.25) is 0 Å². The van der Waals surface area contributed by atoms with Crippen molar-refractivity contribution in [2.45, 2.75) is 111 Å². The minimum absolute atomic E-state index is 0.0104. The Labute approximate surface area is 266 Å². The van der Waals surface area contributed by atoms with E-state index in [0.717, 1.165) is 27.9 Å². The third-order valence-electron chi connectivity index (χ3n) is 8.32. The standard InChI is InChI=1S/C32H38O3.C6H11N.W/c1-30(2,3)19-26(33)27-20(22-15-11-17-24(28(22)34)31(4,5)6)13-10-14-21(27)23-16-12-18-25(29(23)35)32(7,8)9;7-6-4-2-1-3-5-6;/h10-18,34-35H,1-9H3;6H,1-5H2;/q;+1;. The Morgan fingerprint density at radius 1 is 0.674 bits per heavy atom. The van der Waals surface area contributed by atoms with Crippen molar-refractivity contribution in [2.24, 2.45) is 5.41 Å². The van der Waals surface area contributed by atoms with Gasteiger partial charge in [-0.25, -0.2) is 0 Å². The van der Waals surface area contributed by atoms with Crippen molar-refractivity contribution < 1.29 is 32.7 Å². The Morgan fingerprint density at radius 3 is 1.51 bits per heavy atom. The second-order valence-corrected chi connectivity index (χ2v) is 17.9. The number of Topliss-reactive ketones (excluding diaryl/α,β-unsaturated/α-hetero) is 1. The molecule has 2 N–H and O–H groups in total. The van der Waals surface area contributed by atoms with Crippen LogP contribution in [0.1, 0.15) is 116 Å². The normalized spacial score (nSPS) is 14.6. The number of rotatable bonds is 4. The summed E-state index contributed by atoms with van der Waals surface area (Å²) >= 11 is -1.54. The summed E-state index contributed by atoms with van der Waals surface area (Å²) in [5, 5.41) is 23.3. The molecule has 0 amide bonds. The average Bonchev–Trinajstić information content (AvgIpc) is 2.91. The molecule has 43 heavy (non-hydrogen) atoms. The van der Waals surface area contributed by atoms with Crippen LogP contribution in [0, 0.1) is 5.41 Å². The van der Waals surface area contributed by atoms with E-state index in [4.69, 9.17) is 3.31 Å². The van der Waals surface area contributed by atoms with Gasteiger partial charge in [0.1, 0.15) is 0 Å². The van der Waals surface area contributed by atoms with Crippen LogP contribution < -0.4 is 0 Å². The fourth-order valence-corrected chi connectivity index (χ4v) is 9.24. The second-order valence-electron chi connectivity index (χ2n) is 15.0. The molecular weight excluding hydrogens is 702 g/mol. The summed E-state index contributed by atoms with van der Waals surface area (Å²) < 4.78 is 6.15. The molecule has 0 aromatic heterocycles. The molecule has 5 heteroatoms. The third kappa shape index (κ3) is 7.30. The number of aromatic hydroxyl groups is 2. The van der Waals surface area contributed by atoms with Gasteiger partial charge in [-0.15, -0.1) is 0 Å². The van der Waals surface area contributed by atoms with Crippen LogP contribution in [0.25, 0.3) is 25.6 Å². The summed E-state index contributed by atoms with van der Waals surface area (Å²) in [5.74, 6) is 0.374. The van der Waals surface area contributed by atoms with Gasteiger partial charge in [0.15, 0.2) is 0 Å². The SMILES string of the molecule is CC(C)(C)[C](=[W]#[N+]C1CCCCC1)C(=O)c1c(-c2cccc(C(C)(C)C)c2O)cccc1-c1cccc(C(C)(C)C)c1O. The zero-order valence-electron chi connectivity index (χ0n) is 27.5. The van der Waals surface area contributed by atoms with Crippen LogP contribution in [0.2, 0.25) is 0 Å². The molecule has 0 heterocycles. The molecule has 0 aliphatic heterocycles. The fourth-order valence-electron chi connectivity index (χ4n) is 5.92. The summed E-state index contributed by atoms with van der Waals surface area (Å²) in [5.41, 5.74) is 3.91. The van der Waals surface area contributed by atoms with Gasteiger partial charge in [0, 0.05) is 0 Å².